The zero-order valence-corrected chi connectivity index (χ0v) is 20.9. The van der Waals surface area contributed by atoms with E-state index >= 15 is 0 Å². The van der Waals surface area contributed by atoms with Gasteiger partial charge in [0.25, 0.3) is 0 Å². The Balaban J connectivity index is 0. The molecule has 0 aromatic carbocycles. The summed E-state index contributed by atoms with van der Waals surface area (Å²) in [5.74, 6) is 0. The van der Waals surface area contributed by atoms with E-state index in [1.165, 1.54) is 0 Å². The summed E-state index contributed by atoms with van der Waals surface area (Å²) in [4.78, 5) is 0. The molecule has 60 valence electrons. The van der Waals surface area contributed by atoms with Crippen molar-refractivity contribution in [2.45, 2.75) is 0 Å². The first kappa shape index (κ1) is 221. The molecule has 0 amide bonds. The van der Waals surface area contributed by atoms with Crippen LogP contribution in [0.2, 0.25) is 0 Å². The smallest absolute Gasteiger partial charge is 2.00 e. The van der Waals surface area contributed by atoms with Gasteiger partial charge in [0.2, 0.25) is 0 Å². The van der Waals surface area contributed by atoms with Crippen molar-refractivity contribution in [2.75, 3.05) is 0 Å². The fraction of sp³-hybridized carbons (Fsp3) is 0. The van der Waals surface area contributed by atoms with Gasteiger partial charge in [-0.05, 0) is 0 Å². The third-order valence-corrected chi connectivity index (χ3v) is 0. The standard InChI is InChI=1S/2Hf.2La.7O.Si/q2*+4;2*+3;7*-2;. The molecule has 0 heterocycles. The first-order valence-corrected chi connectivity index (χ1v) is 0. The van der Waals surface area contributed by atoms with E-state index in [4.69, 9.17) is 0 Å². The molecule has 0 saturated heterocycles. The van der Waals surface area contributed by atoms with Crippen LogP contribution in [0.15, 0.2) is 0 Å². The Kier molecular flexibility index (Phi) is 3310. The minimum absolute atomic E-state index is 0. The van der Waals surface area contributed by atoms with Crippen LogP contribution in [-0.4, -0.2) is 11.0 Å². The van der Waals surface area contributed by atoms with Gasteiger partial charge in [0.05, 0.1) is 0 Å². The molecule has 0 aromatic heterocycles. The van der Waals surface area contributed by atoms with Crippen LogP contribution in [0.5, 0.6) is 0 Å². The zero-order chi connectivity index (χ0) is 0. The fourth-order valence-corrected chi connectivity index (χ4v) is 0. The number of hydrogen-bond donors (Lipinski definition) is 0. The molecule has 0 atom stereocenters. The van der Waals surface area contributed by atoms with Crippen molar-refractivity contribution in [2.24, 2.45) is 0 Å². The molecule has 0 aliphatic carbocycles. The van der Waals surface area contributed by atoms with Crippen LogP contribution in [0.25, 0.3) is 0 Å². The maximum Gasteiger partial charge on any atom is 4.00 e. The van der Waals surface area contributed by atoms with E-state index in [2.05, 4.69) is 0 Å². The summed E-state index contributed by atoms with van der Waals surface area (Å²) in [5.41, 5.74) is 0. The van der Waals surface area contributed by atoms with Crippen molar-refractivity contribution in [1.29, 1.82) is 0 Å². The maximum atomic E-state index is 0. The molecular formula is Hf2La2O7Si. The van der Waals surface area contributed by atoms with Crippen molar-refractivity contribution in [1.82, 2.24) is 0 Å². The van der Waals surface area contributed by atoms with Gasteiger partial charge in [-0.1, -0.05) is 0 Å². The quantitative estimate of drug-likeness (QED) is 0.266. The molecule has 12 heteroatoms. The van der Waals surface area contributed by atoms with E-state index in [-0.39, 0.29) is 172 Å². The van der Waals surface area contributed by atoms with E-state index in [0.717, 1.165) is 0 Å². The van der Waals surface area contributed by atoms with E-state index < -0.39 is 0 Å². The van der Waals surface area contributed by atoms with Gasteiger partial charge in [0, 0.05) is 11.0 Å². The minimum atomic E-state index is 0. The topological polar surface area (TPSA) is 200 Å². The summed E-state index contributed by atoms with van der Waals surface area (Å²) >= 11 is 0. The molecule has 12 heavy (non-hydrogen) atoms. The molecule has 4 radical (unpaired) electrons. The Hall–Kier alpha value is 4.07. The van der Waals surface area contributed by atoms with E-state index in [1.807, 2.05) is 0 Å². The summed E-state index contributed by atoms with van der Waals surface area (Å²) < 4.78 is 0. The van der Waals surface area contributed by atoms with Crippen LogP contribution in [-0.2, 0) is 90.0 Å². The van der Waals surface area contributed by atoms with Gasteiger partial charge in [-0.3, -0.25) is 0 Å². The Labute approximate surface area is 169 Å². The molecule has 0 fully saturated rings. The van der Waals surface area contributed by atoms with Gasteiger partial charge in [-0.15, -0.1) is 0 Å². The van der Waals surface area contributed by atoms with Crippen LogP contribution in [0, 0.1) is 71.2 Å². The van der Waals surface area contributed by atoms with E-state index in [9.17, 15) is 0 Å². The van der Waals surface area contributed by atoms with Crippen molar-refractivity contribution < 1.29 is 161 Å². The SMILES string of the molecule is [Hf+4].[Hf+4].[La+3].[La+3].[O-2].[O-2].[O-2].[O-2].[O-2].[O-2].[O-2].[Si]. The average molecular weight is 775 g/mol. The molecule has 7 nitrogen and oxygen atoms in total. The predicted octanol–water partition coefficient (Wildman–Crippen LogP) is -1.22. The molecule has 0 bridgehead atoms. The van der Waals surface area contributed by atoms with E-state index in [1.54, 1.807) is 0 Å². The molecule has 0 aromatic rings. The largest absolute Gasteiger partial charge is 4.00 e. The molecule has 0 aliphatic rings. The third kappa shape index (κ3) is 145. The van der Waals surface area contributed by atoms with Gasteiger partial charge in [-0.25, -0.2) is 0 Å². The summed E-state index contributed by atoms with van der Waals surface area (Å²) in [5, 5.41) is 0. The summed E-state index contributed by atoms with van der Waals surface area (Å²) in [6.07, 6.45) is 0. The van der Waals surface area contributed by atoms with Crippen molar-refractivity contribution in [3.05, 3.63) is 0 Å². The molecule has 0 unspecified atom stereocenters. The molecule has 0 aliphatic heterocycles. The molecule has 0 N–H and O–H groups in total. The summed E-state index contributed by atoms with van der Waals surface area (Å²) in [6, 6.07) is 0. The Morgan fingerprint density at radius 2 is 0.333 bits per heavy atom. The predicted molar refractivity (Wildman–Crippen MR) is 10.6 cm³/mol. The van der Waals surface area contributed by atoms with Gasteiger partial charge in [0.1, 0.15) is 0 Å². The molecule has 0 spiro atoms. The van der Waals surface area contributed by atoms with Crippen LogP contribution < -0.4 is 0 Å². The van der Waals surface area contributed by atoms with E-state index in [0.29, 0.717) is 0 Å². The van der Waals surface area contributed by atoms with Crippen LogP contribution in [0.3, 0.4) is 0 Å². The first-order valence-electron chi connectivity index (χ1n) is 0. The fourth-order valence-electron chi connectivity index (χ4n) is 0. The first-order chi connectivity index (χ1) is 0. The number of hydrogen-bond acceptors (Lipinski definition) is 0. The minimum Gasteiger partial charge on any atom is -2.00 e. The Morgan fingerprint density at radius 3 is 0.333 bits per heavy atom. The van der Waals surface area contributed by atoms with Crippen molar-refractivity contribution in [3.63, 3.8) is 0 Å². The second-order valence-electron chi connectivity index (χ2n) is 0. The van der Waals surface area contributed by atoms with Crippen LogP contribution >= 0.6 is 0 Å². The van der Waals surface area contributed by atoms with Gasteiger partial charge < -0.3 is 38.3 Å². The van der Waals surface area contributed by atoms with Crippen LogP contribution in [0.1, 0.15) is 0 Å². The average Bonchev–Trinajstić information content (AvgIpc) is 0. The van der Waals surface area contributed by atoms with Gasteiger partial charge >= 0.3 is 123 Å². The van der Waals surface area contributed by atoms with Crippen LogP contribution in [0.4, 0.5) is 0 Å². The third-order valence-electron chi connectivity index (χ3n) is 0. The maximum absolute atomic E-state index is 0. The zero-order valence-electron chi connectivity index (χ0n) is 5.51. The molecule has 0 rings (SSSR count). The normalized spacial score (nSPS) is 0. The second-order valence-corrected chi connectivity index (χ2v) is 0. The molecule has 0 saturated carbocycles. The second kappa shape index (κ2) is 180. The Morgan fingerprint density at radius 1 is 0.333 bits per heavy atom. The van der Waals surface area contributed by atoms with Gasteiger partial charge in [-0.2, -0.15) is 0 Å². The summed E-state index contributed by atoms with van der Waals surface area (Å²) in [7, 11) is 0. The van der Waals surface area contributed by atoms with Crippen molar-refractivity contribution in [3.8, 4) is 0 Å². The Bertz CT molecular complexity index is 19.4. The molecular weight excluding hydrogens is 775 g/mol. The monoisotopic (exact) mass is 778 g/mol. The van der Waals surface area contributed by atoms with Crippen molar-refractivity contribution >= 4 is 11.0 Å². The van der Waals surface area contributed by atoms with Gasteiger partial charge in [0.15, 0.2) is 0 Å². The summed E-state index contributed by atoms with van der Waals surface area (Å²) in [6.45, 7) is 0. The number of rotatable bonds is 0.